The van der Waals surface area contributed by atoms with Gasteiger partial charge >= 0.3 is 11.9 Å². The highest BCUT2D eigenvalue weighted by molar-refractivity contribution is 5.70. The summed E-state index contributed by atoms with van der Waals surface area (Å²) in [7, 11) is 5.40. The zero-order valence-electron chi connectivity index (χ0n) is 33.3. The first-order chi connectivity index (χ1) is 24.1. The number of esters is 2. The average Bonchev–Trinajstić information content (AvgIpc) is 3.06. The Labute approximate surface area is 308 Å². The molecule has 2 atom stereocenters. The van der Waals surface area contributed by atoms with Gasteiger partial charge in [-0.1, -0.05) is 142 Å². The molecule has 0 saturated heterocycles. The van der Waals surface area contributed by atoms with E-state index < -0.39 is 18.1 Å². The highest BCUT2D eigenvalue weighted by Crippen LogP contribution is 2.14. The number of quaternary nitrogens is 1. The molecular weight excluding hydrogens is 630 g/mol. The molecule has 0 amide bonds. The van der Waals surface area contributed by atoms with Gasteiger partial charge in [0.1, 0.15) is 12.6 Å². The van der Waals surface area contributed by atoms with Gasteiger partial charge in [0, 0.05) is 19.3 Å². The summed E-state index contributed by atoms with van der Waals surface area (Å²) in [6.45, 7) is 4.64. The first-order valence-corrected chi connectivity index (χ1v) is 20.7. The van der Waals surface area contributed by atoms with Gasteiger partial charge in [-0.2, -0.15) is 0 Å². The Balaban J connectivity index is 4.36. The number of allylic oxidation sites excluding steroid dienone is 2. The van der Waals surface area contributed by atoms with Gasteiger partial charge < -0.3 is 28.6 Å². The SMILES string of the molecule is CCCCCCCCC/C=C\CCCCCCCC(=O)OC(COCCC(C(=O)[O-])[N+](C)(C)C)COC(=O)CCCCCCCCCCCC. The van der Waals surface area contributed by atoms with Gasteiger partial charge in [0.05, 0.1) is 40.3 Å². The van der Waals surface area contributed by atoms with E-state index in [1.165, 1.54) is 103 Å². The smallest absolute Gasteiger partial charge is 0.306 e. The highest BCUT2D eigenvalue weighted by atomic mass is 16.6. The minimum absolute atomic E-state index is 0.0423. The van der Waals surface area contributed by atoms with Crippen LogP contribution < -0.4 is 5.11 Å². The first-order valence-electron chi connectivity index (χ1n) is 20.7. The highest BCUT2D eigenvalue weighted by Gasteiger charge is 2.25. The van der Waals surface area contributed by atoms with Crippen molar-refractivity contribution < 1.29 is 38.2 Å². The van der Waals surface area contributed by atoms with E-state index >= 15 is 0 Å². The van der Waals surface area contributed by atoms with Crippen molar-refractivity contribution in [1.29, 1.82) is 0 Å². The minimum Gasteiger partial charge on any atom is -0.544 e. The molecule has 8 heteroatoms. The topological polar surface area (TPSA) is 102 Å². The van der Waals surface area contributed by atoms with Gasteiger partial charge in [-0.3, -0.25) is 9.59 Å². The van der Waals surface area contributed by atoms with Crippen molar-refractivity contribution in [1.82, 2.24) is 0 Å². The maximum Gasteiger partial charge on any atom is 0.306 e. The van der Waals surface area contributed by atoms with Crippen LogP contribution >= 0.6 is 0 Å². The number of carboxylic acid groups (broad SMARTS) is 1. The Morgan fingerprint density at radius 1 is 0.580 bits per heavy atom. The summed E-state index contributed by atoms with van der Waals surface area (Å²) in [6, 6.07) is -0.721. The molecule has 2 unspecified atom stereocenters. The molecule has 0 heterocycles. The third-order valence-corrected chi connectivity index (χ3v) is 9.40. The van der Waals surface area contributed by atoms with E-state index in [1.807, 2.05) is 0 Å². The van der Waals surface area contributed by atoms with Gasteiger partial charge in [-0.05, 0) is 38.5 Å². The van der Waals surface area contributed by atoms with Crippen LogP contribution in [0.5, 0.6) is 0 Å². The fourth-order valence-electron chi connectivity index (χ4n) is 6.12. The molecule has 0 aliphatic heterocycles. The van der Waals surface area contributed by atoms with Crippen LogP contribution in [0.4, 0.5) is 0 Å². The second-order valence-corrected chi connectivity index (χ2v) is 15.2. The largest absolute Gasteiger partial charge is 0.544 e. The minimum atomic E-state index is -1.12. The number of carbonyl (C=O) groups excluding carboxylic acids is 3. The molecule has 0 saturated carbocycles. The molecule has 0 spiro atoms. The predicted molar refractivity (Wildman–Crippen MR) is 204 cm³/mol. The maximum absolute atomic E-state index is 12.7. The fraction of sp³-hybridized carbons (Fsp3) is 0.881. The number of aliphatic carboxylic acids is 1. The molecule has 0 aromatic heterocycles. The van der Waals surface area contributed by atoms with Crippen molar-refractivity contribution in [2.24, 2.45) is 0 Å². The van der Waals surface area contributed by atoms with Crippen molar-refractivity contribution in [2.75, 3.05) is 41.0 Å². The number of unbranched alkanes of at least 4 members (excludes halogenated alkanes) is 21. The van der Waals surface area contributed by atoms with E-state index in [9.17, 15) is 19.5 Å². The number of likely N-dealkylation sites (N-methyl/N-ethyl adjacent to an activating group) is 1. The van der Waals surface area contributed by atoms with Crippen LogP contribution in [0, 0.1) is 0 Å². The summed E-state index contributed by atoms with van der Waals surface area (Å²) in [4.78, 5) is 36.7. The molecule has 0 rings (SSSR count). The third-order valence-electron chi connectivity index (χ3n) is 9.40. The van der Waals surface area contributed by atoms with Crippen molar-refractivity contribution >= 4 is 17.9 Å². The van der Waals surface area contributed by atoms with E-state index in [0.717, 1.165) is 51.4 Å². The lowest BCUT2D eigenvalue weighted by molar-refractivity contribution is -0.889. The zero-order chi connectivity index (χ0) is 37.1. The fourth-order valence-corrected chi connectivity index (χ4v) is 6.12. The normalized spacial score (nSPS) is 13.1. The third kappa shape index (κ3) is 32.0. The summed E-state index contributed by atoms with van der Waals surface area (Å²) in [5, 5.41) is 11.6. The Bertz CT molecular complexity index is 838. The molecule has 0 aromatic carbocycles. The Kier molecular flexibility index (Phi) is 32.9. The Hall–Kier alpha value is -1.93. The lowest BCUT2D eigenvalue weighted by atomic mass is 10.1. The number of carboxylic acids is 1. The van der Waals surface area contributed by atoms with E-state index in [0.29, 0.717) is 12.8 Å². The monoisotopic (exact) mass is 710 g/mol. The molecule has 0 aromatic rings. The van der Waals surface area contributed by atoms with Crippen LogP contribution in [-0.2, 0) is 28.6 Å². The summed E-state index contributed by atoms with van der Waals surface area (Å²) in [5.74, 6) is -1.74. The van der Waals surface area contributed by atoms with Crippen molar-refractivity contribution in [2.45, 2.75) is 199 Å². The van der Waals surface area contributed by atoms with E-state index in [-0.39, 0.29) is 42.7 Å². The quantitative estimate of drug-likeness (QED) is 0.0274. The van der Waals surface area contributed by atoms with Crippen molar-refractivity contribution in [3.63, 3.8) is 0 Å². The van der Waals surface area contributed by atoms with Crippen molar-refractivity contribution in [3.8, 4) is 0 Å². The first kappa shape index (κ1) is 48.1. The van der Waals surface area contributed by atoms with E-state index in [4.69, 9.17) is 14.2 Å². The molecule has 0 N–H and O–H groups in total. The van der Waals surface area contributed by atoms with Crippen LogP contribution in [0.25, 0.3) is 0 Å². The number of hydrogen-bond donors (Lipinski definition) is 0. The molecular formula is C42H79NO7. The number of hydrogen-bond acceptors (Lipinski definition) is 7. The Morgan fingerprint density at radius 2 is 1.00 bits per heavy atom. The van der Waals surface area contributed by atoms with Gasteiger partial charge in [-0.25, -0.2) is 0 Å². The van der Waals surface area contributed by atoms with Crippen LogP contribution in [0.3, 0.4) is 0 Å². The lowest BCUT2D eigenvalue weighted by Gasteiger charge is -2.34. The average molecular weight is 710 g/mol. The van der Waals surface area contributed by atoms with Gasteiger partial charge in [-0.15, -0.1) is 0 Å². The maximum atomic E-state index is 12.7. The van der Waals surface area contributed by atoms with Gasteiger partial charge in [0.15, 0.2) is 6.10 Å². The Morgan fingerprint density at radius 3 is 1.44 bits per heavy atom. The van der Waals surface area contributed by atoms with Crippen LogP contribution in [0.15, 0.2) is 12.2 Å². The number of ether oxygens (including phenoxy) is 3. The lowest BCUT2D eigenvalue weighted by Crippen LogP contribution is -2.55. The zero-order valence-corrected chi connectivity index (χ0v) is 33.3. The van der Waals surface area contributed by atoms with Crippen LogP contribution in [0.1, 0.15) is 187 Å². The number of nitrogens with zero attached hydrogens (tertiary/aromatic N) is 1. The second kappa shape index (κ2) is 34.2. The summed E-state index contributed by atoms with van der Waals surface area (Å²) in [6.07, 6.45) is 33.7. The molecule has 50 heavy (non-hydrogen) atoms. The summed E-state index contributed by atoms with van der Waals surface area (Å²) < 4.78 is 17.1. The summed E-state index contributed by atoms with van der Waals surface area (Å²) >= 11 is 0. The van der Waals surface area contributed by atoms with Crippen LogP contribution in [0.2, 0.25) is 0 Å². The number of rotatable bonds is 37. The molecule has 0 fully saturated rings. The predicted octanol–water partition coefficient (Wildman–Crippen LogP) is 9.41. The number of carbonyl (C=O) groups is 3. The second-order valence-electron chi connectivity index (χ2n) is 15.2. The van der Waals surface area contributed by atoms with Crippen LogP contribution in [-0.4, -0.2) is 75.5 Å². The molecule has 0 aliphatic rings. The van der Waals surface area contributed by atoms with E-state index in [1.54, 1.807) is 21.1 Å². The van der Waals surface area contributed by atoms with Crippen molar-refractivity contribution in [3.05, 3.63) is 12.2 Å². The molecule has 0 radical (unpaired) electrons. The molecule has 0 aliphatic carbocycles. The van der Waals surface area contributed by atoms with Gasteiger partial charge in [0.25, 0.3) is 0 Å². The summed E-state index contributed by atoms with van der Waals surface area (Å²) in [5.41, 5.74) is 0. The molecule has 0 bridgehead atoms. The molecule has 294 valence electrons. The van der Waals surface area contributed by atoms with Gasteiger partial charge in [0.2, 0.25) is 0 Å². The van der Waals surface area contributed by atoms with E-state index in [2.05, 4.69) is 26.0 Å². The molecule has 8 nitrogen and oxygen atoms in total. The standard InChI is InChI=1S/C42H79NO7/c1-6-8-10-12-14-16-18-19-20-21-22-23-25-27-29-31-33-41(45)50-38(36-48-35-34-39(42(46)47)43(3,4)5)37-49-40(44)32-30-28-26-24-17-15-13-11-9-7-2/h20-21,38-39H,6-19,22-37H2,1-5H3/b21-20-.